The summed E-state index contributed by atoms with van der Waals surface area (Å²) in [6.45, 7) is 8.55. The van der Waals surface area contributed by atoms with Crippen LogP contribution in [-0.2, 0) is 0 Å². The maximum Gasteiger partial charge on any atom is 0.253 e. The van der Waals surface area contributed by atoms with Crippen molar-refractivity contribution in [1.82, 2.24) is 10.2 Å². The van der Waals surface area contributed by atoms with Gasteiger partial charge in [0.1, 0.15) is 0 Å². The van der Waals surface area contributed by atoms with Gasteiger partial charge in [-0.1, -0.05) is 26.0 Å². The Morgan fingerprint density at radius 1 is 1.09 bits per heavy atom. The average molecular weight is 300 g/mol. The number of likely N-dealkylation sites (tertiary alicyclic amines) is 1. The van der Waals surface area contributed by atoms with Crippen LogP contribution in [-0.4, -0.2) is 37.0 Å². The van der Waals surface area contributed by atoms with Crippen LogP contribution < -0.4 is 5.32 Å². The predicted molar refractivity (Wildman–Crippen MR) is 90.1 cm³/mol. The van der Waals surface area contributed by atoms with Crippen molar-refractivity contribution in [3.05, 3.63) is 35.4 Å². The fourth-order valence-corrected chi connectivity index (χ4v) is 3.85. The number of benzene rings is 1. The smallest absolute Gasteiger partial charge is 0.253 e. The number of nitrogens with one attached hydrogen (secondary N) is 1. The summed E-state index contributed by atoms with van der Waals surface area (Å²) in [4.78, 5) is 14.7. The van der Waals surface area contributed by atoms with Crippen molar-refractivity contribution in [2.45, 2.75) is 39.0 Å². The Kier molecular flexibility index (Phi) is 4.82. The van der Waals surface area contributed by atoms with E-state index in [9.17, 15) is 4.79 Å². The van der Waals surface area contributed by atoms with Crippen LogP contribution >= 0.6 is 0 Å². The SMILES string of the molecule is CC(C)c1ccc(C(=O)N2CCC([C@H]3CCNC3)CC2)cc1. The Bertz CT molecular complexity index is 495. The number of hydrogen-bond donors (Lipinski definition) is 1. The molecule has 2 aliphatic heterocycles. The van der Waals surface area contributed by atoms with Gasteiger partial charge in [-0.3, -0.25) is 4.79 Å². The van der Waals surface area contributed by atoms with Crippen LogP contribution in [0.15, 0.2) is 24.3 Å². The standard InChI is InChI=1S/C19H28N2O/c1-14(2)15-3-5-17(6-4-15)19(22)21-11-8-16(9-12-21)18-7-10-20-13-18/h3-6,14,16,18,20H,7-13H2,1-2H3/t18-/m0/s1. The molecule has 1 amide bonds. The van der Waals surface area contributed by atoms with E-state index >= 15 is 0 Å². The molecule has 3 heteroatoms. The van der Waals surface area contributed by atoms with Gasteiger partial charge in [0.2, 0.25) is 0 Å². The molecule has 0 saturated carbocycles. The molecule has 3 rings (SSSR count). The summed E-state index contributed by atoms with van der Waals surface area (Å²) in [6, 6.07) is 8.17. The van der Waals surface area contributed by atoms with Crippen LogP contribution in [0.5, 0.6) is 0 Å². The van der Waals surface area contributed by atoms with Gasteiger partial charge in [0, 0.05) is 18.7 Å². The van der Waals surface area contributed by atoms with Gasteiger partial charge in [-0.25, -0.2) is 0 Å². The van der Waals surface area contributed by atoms with Gasteiger partial charge in [-0.2, -0.15) is 0 Å². The van der Waals surface area contributed by atoms with Crippen molar-refractivity contribution in [2.24, 2.45) is 11.8 Å². The summed E-state index contributed by atoms with van der Waals surface area (Å²) in [5, 5.41) is 3.46. The van der Waals surface area contributed by atoms with E-state index in [-0.39, 0.29) is 5.91 Å². The Hall–Kier alpha value is -1.35. The minimum atomic E-state index is 0.207. The molecule has 0 unspecified atom stereocenters. The Balaban J connectivity index is 1.57. The van der Waals surface area contributed by atoms with Gasteiger partial charge in [-0.15, -0.1) is 0 Å². The zero-order chi connectivity index (χ0) is 15.5. The number of nitrogens with zero attached hydrogens (tertiary/aromatic N) is 1. The third-order valence-corrected chi connectivity index (χ3v) is 5.42. The number of hydrogen-bond acceptors (Lipinski definition) is 2. The Morgan fingerprint density at radius 3 is 2.32 bits per heavy atom. The number of carbonyl (C=O) groups is 1. The normalized spacial score (nSPS) is 23.2. The summed E-state index contributed by atoms with van der Waals surface area (Å²) in [5.74, 6) is 2.36. The lowest BCUT2D eigenvalue weighted by atomic mass is 9.83. The second kappa shape index (κ2) is 6.82. The van der Waals surface area contributed by atoms with Gasteiger partial charge in [0.15, 0.2) is 0 Å². The molecule has 2 heterocycles. The summed E-state index contributed by atoms with van der Waals surface area (Å²) < 4.78 is 0. The van der Waals surface area contributed by atoms with E-state index in [2.05, 4.69) is 31.3 Å². The predicted octanol–water partition coefficient (Wildman–Crippen LogP) is 3.27. The molecular weight excluding hydrogens is 272 g/mol. The van der Waals surface area contributed by atoms with Crippen molar-refractivity contribution in [1.29, 1.82) is 0 Å². The maximum absolute atomic E-state index is 12.6. The second-order valence-corrected chi connectivity index (χ2v) is 7.16. The Morgan fingerprint density at radius 2 is 1.77 bits per heavy atom. The van der Waals surface area contributed by atoms with E-state index in [1.165, 1.54) is 37.9 Å². The van der Waals surface area contributed by atoms with E-state index in [4.69, 9.17) is 0 Å². The molecule has 1 aromatic carbocycles. The van der Waals surface area contributed by atoms with Crippen molar-refractivity contribution >= 4 is 5.91 Å². The van der Waals surface area contributed by atoms with Crippen LogP contribution in [0, 0.1) is 11.8 Å². The molecule has 1 N–H and O–H groups in total. The van der Waals surface area contributed by atoms with Gasteiger partial charge < -0.3 is 10.2 Å². The fraction of sp³-hybridized carbons (Fsp3) is 0.632. The van der Waals surface area contributed by atoms with Gasteiger partial charge in [0.05, 0.1) is 0 Å². The van der Waals surface area contributed by atoms with Crippen LogP contribution in [0.2, 0.25) is 0 Å². The average Bonchev–Trinajstić information content (AvgIpc) is 3.09. The lowest BCUT2D eigenvalue weighted by Crippen LogP contribution is -2.40. The van der Waals surface area contributed by atoms with Crippen LogP contribution in [0.3, 0.4) is 0 Å². The van der Waals surface area contributed by atoms with Gasteiger partial charge in [0.25, 0.3) is 5.91 Å². The van der Waals surface area contributed by atoms with E-state index in [0.717, 1.165) is 30.5 Å². The molecule has 0 spiro atoms. The molecule has 0 aromatic heterocycles. The first-order chi connectivity index (χ1) is 10.6. The highest BCUT2D eigenvalue weighted by molar-refractivity contribution is 5.94. The molecule has 0 radical (unpaired) electrons. The molecule has 22 heavy (non-hydrogen) atoms. The molecule has 2 fully saturated rings. The van der Waals surface area contributed by atoms with Crippen molar-refractivity contribution < 1.29 is 4.79 Å². The van der Waals surface area contributed by atoms with Crippen molar-refractivity contribution in [2.75, 3.05) is 26.2 Å². The van der Waals surface area contributed by atoms with E-state index in [1.807, 2.05) is 17.0 Å². The Labute approximate surface area is 134 Å². The minimum Gasteiger partial charge on any atom is -0.339 e. The lowest BCUT2D eigenvalue weighted by Gasteiger charge is -2.34. The molecule has 1 aromatic rings. The summed E-state index contributed by atoms with van der Waals surface area (Å²) >= 11 is 0. The van der Waals surface area contributed by atoms with Crippen molar-refractivity contribution in [3.8, 4) is 0 Å². The molecule has 1 atom stereocenters. The zero-order valence-corrected chi connectivity index (χ0v) is 13.8. The molecular formula is C19H28N2O. The number of rotatable bonds is 3. The molecule has 3 nitrogen and oxygen atoms in total. The van der Waals surface area contributed by atoms with Gasteiger partial charge in [-0.05, 0) is 67.8 Å². The first-order valence-corrected chi connectivity index (χ1v) is 8.75. The van der Waals surface area contributed by atoms with E-state index < -0.39 is 0 Å². The first-order valence-electron chi connectivity index (χ1n) is 8.75. The third-order valence-electron chi connectivity index (χ3n) is 5.42. The topological polar surface area (TPSA) is 32.3 Å². The monoisotopic (exact) mass is 300 g/mol. The highest BCUT2D eigenvalue weighted by Gasteiger charge is 2.30. The third kappa shape index (κ3) is 3.35. The quantitative estimate of drug-likeness (QED) is 0.929. The second-order valence-electron chi connectivity index (χ2n) is 7.16. The van der Waals surface area contributed by atoms with Crippen molar-refractivity contribution in [3.63, 3.8) is 0 Å². The number of amides is 1. The molecule has 0 bridgehead atoms. The molecule has 0 aliphatic carbocycles. The molecule has 120 valence electrons. The highest BCUT2D eigenvalue weighted by atomic mass is 16.2. The summed E-state index contributed by atoms with van der Waals surface area (Å²) in [7, 11) is 0. The van der Waals surface area contributed by atoms with E-state index in [1.54, 1.807) is 0 Å². The first kappa shape index (κ1) is 15.5. The van der Waals surface area contributed by atoms with E-state index in [0.29, 0.717) is 5.92 Å². The summed E-state index contributed by atoms with van der Waals surface area (Å²) in [5.41, 5.74) is 2.13. The lowest BCUT2D eigenvalue weighted by molar-refractivity contribution is 0.0663. The minimum absolute atomic E-state index is 0.207. The maximum atomic E-state index is 12.6. The fourth-order valence-electron chi connectivity index (χ4n) is 3.85. The number of carbonyl (C=O) groups excluding carboxylic acids is 1. The zero-order valence-electron chi connectivity index (χ0n) is 13.8. The van der Waals surface area contributed by atoms with Crippen LogP contribution in [0.25, 0.3) is 0 Å². The largest absolute Gasteiger partial charge is 0.339 e. The van der Waals surface area contributed by atoms with Crippen LogP contribution in [0.4, 0.5) is 0 Å². The highest BCUT2D eigenvalue weighted by Crippen LogP contribution is 2.29. The van der Waals surface area contributed by atoms with Crippen LogP contribution in [0.1, 0.15) is 54.9 Å². The molecule has 2 saturated heterocycles. The number of piperidine rings is 1. The summed E-state index contributed by atoms with van der Waals surface area (Å²) in [6.07, 6.45) is 3.65. The van der Waals surface area contributed by atoms with Gasteiger partial charge >= 0.3 is 0 Å². The molecule has 2 aliphatic rings.